The first-order valence-electron chi connectivity index (χ1n) is 6.38. The van der Waals surface area contributed by atoms with Gasteiger partial charge in [0.25, 0.3) is 5.91 Å². The molecule has 2 aliphatic rings. The third kappa shape index (κ3) is 1.67. The number of nitrogens with zero attached hydrogens (tertiary/aromatic N) is 2. The molecule has 1 saturated heterocycles. The van der Waals surface area contributed by atoms with Crippen LogP contribution >= 0.6 is 0 Å². The van der Waals surface area contributed by atoms with Crippen LogP contribution in [0.1, 0.15) is 29.4 Å². The maximum Gasteiger partial charge on any atom is 0.276 e. The quantitative estimate of drug-likeness (QED) is 0.738. The predicted octanol–water partition coefficient (Wildman–Crippen LogP) is 0.453. The second-order valence-corrected chi connectivity index (χ2v) is 5.17. The molecule has 1 N–H and O–H groups in total. The van der Waals surface area contributed by atoms with E-state index in [1.165, 1.54) is 0 Å². The van der Waals surface area contributed by atoms with Gasteiger partial charge in [-0.15, -0.1) is 0 Å². The summed E-state index contributed by atoms with van der Waals surface area (Å²) in [5, 5.41) is 9.95. The molecule has 2 aliphatic heterocycles. The first kappa shape index (κ1) is 12.2. The molecular formula is C13H16N2O4. The van der Waals surface area contributed by atoms with Gasteiger partial charge in [0.1, 0.15) is 0 Å². The molecule has 0 bridgehead atoms. The Morgan fingerprint density at radius 3 is 2.89 bits per heavy atom. The molecule has 102 valence electrons. The molecule has 2 atom stereocenters. The van der Waals surface area contributed by atoms with Crippen molar-refractivity contribution in [3.63, 3.8) is 0 Å². The second-order valence-electron chi connectivity index (χ2n) is 5.17. The van der Waals surface area contributed by atoms with E-state index >= 15 is 0 Å². The van der Waals surface area contributed by atoms with Crippen LogP contribution in [0.3, 0.4) is 0 Å². The Balaban J connectivity index is 2.16. The fourth-order valence-electron chi connectivity index (χ4n) is 2.80. The van der Waals surface area contributed by atoms with Crippen LogP contribution in [-0.4, -0.2) is 39.4 Å². The summed E-state index contributed by atoms with van der Waals surface area (Å²) in [6.45, 7) is 4.64. The highest BCUT2D eigenvalue weighted by atomic mass is 16.5. The summed E-state index contributed by atoms with van der Waals surface area (Å²) in [5.74, 6) is -0.792. The SMILES string of the molecule is Cc1cn2c(c(O)c1=O)C(=O)N1[C@H](C)CCO[C@H]1C2. The van der Waals surface area contributed by atoms with Crippen LogP contribution in [0.5, 0.6) is 5.75 Å². The van der Waals surface area contributed by atoms with Crippen LogP contribution in [0, 0.1) is 6.92 Å². The summed E-state index contributed by atoms with van der Waals surface area (Å²) >= 11 is 0. The van der Waals surface area contributed by atoms with Gasteiger partial charge in [0.2, 0.25) is 5.43 Å². The number of pyridine rings is 1. The molecule has 0 spiro atoms. The van der Waals surface area contributed by atoms with E-state index in [2.05, 4.69) is 0 Å². The second kappa shape index (κ2) is 4.09. The number of aryl methyl sites for hydroxylation is 1. The van der Waals surface area contributed by atoms with E-state index in [1.807, 2.05) is 6.92 Å². The van der Waals surface area contributed by atoms with Crippen LogP contribution in [0.2, 0.25) is 0 Å². The van der Waals surface area contributed by atoms with E-state index < -0.39 is 11.2 Å². The minimum Gasteiger partial charge on any atom is -0.503 e. The number of hydrogen-bond acceptors (Lipinski definition) is 4. The predicted molar refractivity (Wildman–Crippen MR) is 67.1 cm³/mol. The molecular weight excluding hydrogens is 248 g/mol. The smallest absolute Gasteiger partial charge is 0.276 e. The van der Waals surface area contributed by atoms with E-state index in [0.29, 0.717) is 18.7 Å². The Morgan fingerprint density at radius 1 is 1.42 bits per heavy atom. The fraction of sp³-hybridized carbons (Fsp3) is 0.538. The zero-order valence-corrected chi connectivity index (χ0v) is 10.9. The third-order valence-corrected chi connectivity index (χ3v) is 3.86. The van der Waals surface area contributed by atoms with Gasteiger partial charge in [0.05, 0.1) is 13.2 Å². The normalized spacial score (nSPS) is 26.0. The van der Waals surface area contributed by atoms with Crippen LogP contribution < -0.4 is 5.43 Å². The van der Waals surface area contributed by atoms with Gasteiger partial charge in [-0.2, -0.15) is 0 Å². The number of aromatic hydroxyl groups is 1. The highest BCUT2D eigenvalue weighted by Crippen LogP contribution is 2.28. The number of ether oxygens (including phenoxy) is 1. The maximum absolute atomic E-state index is 12.5. The Kier molecular flexibility index (Phi) is 2.63. The lowest BCUT2D eigenvalue weighted by atomic mass is 10.1. The van der Waals surface area contributed by atoms with Crippen LogP contribution in [-0.2, 0) is 11.3 Å². The molecule has 0 saturated carbocycles. The number of aromatic nitrogens is 1. The molecule has 0 unspecified atom stereocenters. The molecule has 0 aromatic carbocycles. The molecule has 0 radical (unpaired) electrons. The van der Waals surface area contributed by atoms with Gasteiger partial charge in [0, 0.05) is 17.8 Å². The van der Waals surface area contributed by atoms with Gasteiger partial charge in [0.15, 0.2) is 17.7 Å². The Labute approximate surface area is 110 Å². The van der Waals surface area contributed by atoms with Gasteiger partial charge in [-0.1, -0.05) is 0 Å². The van der Waals surface area contributed by atoms with E-state index in [0.717, 1.165) is 6.42 Å². The van der Waals surface area contributed by atoms with Crippen molar-refractivity contribution in [3.05, 3.63) is 27.7 Å². The average Bonchev–Trinajstić information content (AvgIpc) is 2.35. The summed E-state index contributed by atoms with van der Waals surface area (Å²) in [7, 11) is 0. The lowest BCUT2D eigenvalue weighted by molar-refractivity contribution is -0.112. The monoisotopic (exact) mass is 264 g/mol. The summed E-state index contributed by atoms with van der Waals surface area (Å²) in [5.41, 5.74) is 0.0131. The van der Waals surface area contributed by atoms with Crippen LogP contribution in [0.4, 0.5) is 0 Å². The van der Waals surface area contributed by atoms with E-state index in [1.54, 1.807) is 22.6 Å². The zero-order valence-electron chi connectivity index (χ0n) is 10.9. The first-order valence-corrected chi connectivity index (χ1v) is 6.38. The zero-order chi connectivity index (χ0) is 13.7. The standard InChI is InChI=1S/C13H16N2O4/c1-7-5-14-6-9-15(8(2)3-4-19-9)13(18)10(14)12(17)11(7)16/h5,8-9,17H,3-4,6H2,1-2H3/t8-,9+/m1/s1. The molecule has 6 heteroatoms. The van der Waals surface area contributed by atoms with E-state index in [-0.39, 0.29) is 23.9 Å². The van der Waals surface area contributed by atoms with Crippen molar-refractivity contribution in [1.29, 1.82) is 0 Å². The third-order valence-electron chi connectivity index (χ3n) is 3.86. The lowest BCUT2D eigenvalue weighted by Crippen LogP contribution is -2.56. The number of carbonyl (C=O) groups is 1. The van der Waals surface area contributed by atoms with Crippen molar-refractivity contribution in [2.75, 3.05) is 6.61 Å². The van der Waals surface area contributed by atoms with Gasteiger partial charge in [-0.3, -0.25) is 9.59 Å². The summed E-state index contributed by atoms with van der Waals surface area (Å²) < 4.78 is 7.23. The van der Waals surface area contributed by atoms with E-state index in [4.69, 9.17) is 4.74 Å². The fourth-order valence-corrected chi connectivity index (χ4v) is 2.80. The van der Waals surface area contributed by atoms with Gasteiger partial charge in [-0.25, -0.2) is 0 Å². The van der Waals surface area contributed by atoms with Crippen molar-refractivity contribution in [2.24, 2.45) is 0 Å². The number of fused-ring (bicyclic) bond motifs is 2. The van der Waals surface area contributed by atoms with Crippen molar-refractivity contribution < 1.29 is 14.6 Å². The molecule has 19 heavy (non-hydrogen) atoms. The topological polar surface area (TPSA) is 71.8 Å². The van der Waals surface area contributed by atoms with Crippen molar-refractivity contribution in [2.45, 2.75) is 39.1 Å². The number of rotatable bonds is 0. The molecule has 1 aromatic rings. The van der Waals surface area contributed by atoms with Crippen LogP contribution in [0.25, 0.3) is 0 Å². The average molecular weight is 264 g/mol. The molecule has 1 fully saturated rings. The van der Waals surface area contributed by atoms with Gasteiger partial charge >= 0.3 is 0 Å². The molecule has 6 nitrogen and oxygen atoms in total. The number of hydrogen-bond donors (Lipinski definition) is 1. The minimum atomic E-state index is -0.483. The molecule has 0 aliphatic carbocycles. The minimum absolute atomic E-state index is 0.0517. The molecule has 1 amide bonds. The lowest BCUT2D eigenvalue weighted by Gasteiger charge is -2.44. The number of amides is 1. The number of carbonyl (C=O) groups excluding carboxylic acids is 1. The Bertz CT molecular complexity index is 607. The largest absolute Gasteiger partial charge is 0.503 e. The van der Waals surface area contributed by atoms with E-state index in [9.17, 15) is 14.7 Å². The highest BCUT2D eigenvalue weighted by molar-refractivity contribution is 5.96. The molecule has 3 rings (SSSR count). The molecule has 1 aromatic heterocycles. The summed E-state index contributed by atoms with van der Waals surface area (Å²) in [4.78, 5) is 25.9. The maximum atomic E-state index is 12.5. The van der Waals surface area contributed by atoms with Crippen molar-refractivity contribution >= 4 is 5.91 Å². The van der Waals surface area contributed by atoms with Gasteiger partial charge in [-0.05, 0) is 20.3 Å². The first-order chi connectivity index (χ1) is 9.00. The van der Waals surface area contributed by atoms with Crippen molar-refractivity contribution in [1.82, 2.24) is 9.47 Å². The Hall–Kier alpha value is -1.82. The highest BCUT2D eigenvalue weighted by Gasteiger charge is 2.40. The summed E-state index contributed by atoms with van der Waals surface area (Å²) in [6.07, 6.45) is 2.05. The Morgan fingerprint density at radius 2 is 2.16 bits per heavy atom. The van der Waals surface area contributed by atoms with Gasteiger partial charge < -0.3 is 19.3 Å². The van der Waals surface area contributed by atoms with Crippen LogP contribution in [0.15, 0.2) is 11.0 Å². The van der Waals surface area contributed by atoms with Crippen molar-refractivity contribution in [3.8, 4) is 5.75 Å². The summed E-state index contributed by atoms with van der Waals surface area (Å²) in [6, 6.07) is 0.0517. The molecule has 3 heterocycles.